The summed E-state index contributed by atoms with van der Waals surface area (Å²) in [5.74, 6) is -3.61. The molecule has 0 aliphatic carbocycles. The number of benzene rings is 4. The van der Waals surface area contributed by atoms with Gasteiger partial charge >= 0.3 is 11.9 Å². The first-order valence-electron chi connectivity index (χ1n) is 10.7. The summed E-state index contributed by atoms with van der Waals surface area (Å²) in [5.41, 5.74) is 0.998. The van der Waals surface area contributed by atoms with Crippen molar-refractivity contribution in [3.8, 4) is 0 Å². The van der Waals surface area contributed by atoms with E-state index in [9.17, 15) is 24.0 Å². The van der Waals surface area contributed by atoms with E-state index in [1.807, 2.05) is 42.5 Å². The summed E-state index contributed by atoms with van der Waals surface area (Å²) in [7, 11) is 0. The lowest BCUT2D eigenvalue weighted by Gasteiger charge is -2.10. The fourth-order valence-corrected chi connectivity index (χ4v) is 3.66. The summed E-state index contributed by atoms with van der Waals surface area (Å²) in [4.78, 5) is 59.9. The first-order chi connectivity index (χ1) is 16.9. The zero-order valence-electron chi connectivity index (χ0n) is 18.4. The smallest absolute Gasteiger partial charge is 0.322 e. The quantitative estimate of drug-likeness (QED) is 0.238. The molecule has 4 rings (SSSR count). The van der Waals surface area contributed by atoms with Crippen molar-refractivity contribution in [2.24, 2.45) is 0 Å². The van der Waals surface area contributed by atoms with Crippen LogP contribution in [0.15, 0.2) is 78.9 Å². The van der Waals surface area contributed by atoms with Crippen molar-refractivity contribution in [1.82, 2.24) is 0 Å². The van der Waals surface area contributed by atoms with Crippen LogP contribution < -0.4 is 10.6 Å². The van der Waals surface area contributed by atoms with E-state index < -0.39 is 36.6 Å². The third kappa shape index (κ3) is 5.75. The number of rotatable bonds is 7. The van der Waals surface area contributed by atoms with Crippen LogP contribution in [-0.2, 0) is 23.9 Å². The molecule has 0 saturated heterocycles. The topological polar surface area (TPSA) is 119 Å². The third-order valence-electron chi connectivity index (χ3n) is 5.23. The first-order valence-corrected chi connectivity index (χ1v) is 10.7. The highest BCUT2D eigenvalue weighted by atomic mass is 16.6. The van der Waals surface area contributed by atoms with Crippen LogP contribution in [0.1, 0.15) is 23.2 Å². The Morgan fingerprint density at radius 2 is 1.29 bits per heavy atom. The van der Waals surface area contributed by atoms with Crippen LogP contribution in [0.2, 0.25) is 0 Å². The Kier molecular flexibility index (Phi) is 6.92. The highest BCUT2D eigenvalue weighted by Gasteiger charge is 2.19. The Morgan fingerprint density at radius 1 is 0.686 bits per heavy atom. The molecule has 0 saturated carbocycles. The average molecular weight is 468 g/mol. The second-order valence-electron chi connectivity index (χ2n) is 7.72. The second kappa shape index (κ2) is 10.4. The number of aldehydes is 1. The number of esters is 2. The highest BCUT2D eigenvalue weighted by molar-refractivity contribution is 6.11. The molecule has 0 bridgehead atoms. The minimum absolute atomic E-state index is 0.234. The van der Waals surface area contributed by atoms with Crippen molar-refractivity contribution in [2.75, 3.05) is 10.6 Å². The van der Waals surface area contributed by atoms with Gasteiger partial charge in [-0.3, -0.25) is 24.0 Å². The molecular weight excluding hydrogens is 448 g/mol. The van der Waals surface area contributed by atoms with E-state index in [-0.39, 0.29) is 11.3 Å². The lowest BCUT2D eigenvalue weighted by molar-refractivity contribution is -0.160. The molecule has 0 fully saturated rings. The molecule has 8 nitrogen and oxygen atoms in total. The van der Waals surface area contributed by atoms with Gasteiger partial charge in [-0.1, -0.05) is 60.7 Å². The molecule has 0 unspecified atom stereocenters. The Hall–Kier alpha value is -4.85. The zero-order chi connectivity index (χ0) is 24.8. The largest absolute Gasteiger partial charge is 0.392 e. The van der Waals surface area contributed by atoms with Crippen LogP contribution in [-0.4, -0.2) is 30.0 Å². The Balaban J connectivity index is 1.29. The van der Waals surface area contributed by atoms with E-state index in [0.717, 1.165) is 16.2 Å². The van der Waals surface area contributed by atoms with Crippen LogP contribution in [0, 0.1) is 0 Å². The van der Waals surface area contributed by atoms with Crippen LogP contribution in [0.4, 0.5) is 11.4 Å². The predicted octanol–water partition coefficient (Wildman–Crippen LogP) is 4.23. The monoisotopic (exact) mass is 468 g/mol. The molecule has 0 heterocycles. The molecule has 0 aliphatic rings. The molecule has 2 amide bonds. The van der Waals surface area contributed by atoms with Gasteiger partial charge in [-0.15, -0.1) is 0 Å². The SMILES string of the molecule is O=Cc1c(NC(=O)CC(=O)OC(=O)CC(=O)Nc2ccc3ccccc3c2)ccc2ccccc12. The Labute approximate surface area is 199 Å². The van der Waals surface area contributed by atoms with E-state index in [1.165, 1.54) is 0 Å². The van der Waals surface area contributed by atoms with Gasteiger partial charge in [0.05, 0.1) is 5.69 Å². The standard InChI is InChI=1S/C27H20N2O6/c30-16-22-21-8-4-3-6-18(21)10-12-23(22)29-25(32)15-27(34)35-26(33)14-24(31)28-20-11-9-17-5-1-2-7-19(17)13-20/h1-13,16H,14-15H2,(H,28,31)(H,29,32). The molecule has 4 aromatic rings. The number of anilines is 2. The molecule has 2 N–H and O–H groups in total. The Morgan fingerprint density at radius 3 is 2.00 bits per heavy atom. The fourth-order valence-electron chi connectivity index (χ4n) is 3.66. The summed E-state index contributed by atoms with van der Waals surface area (Å²) in [6.45, 7) is 0. The molecule has 4 aromatic carbocycles. The number of carbonyl (C=O) groups excluding carboxylic acids is 5. The van der Waals surface area contributed by atoms with Crippen molar-refractivity contribution in [1.29, 1.82) is 0 Å². The normalized spacial score (nSPS) is 10.5. The van der Waals surface area contributed by atoms with Gasteiger partial charge in [0.1, 0.15) is 12.8 Å². The highest BCUT2D eigenvalue weighted by Crippen LogP contribution is 2.25. The van der Waals surface area contributed by atoms with Gasteiger partial charge in [0.25, 0.3) is 0 Å². The second-order valence-corrected chi connectivity index (χ2v) is 7.72. The van der Waals surface area contributed by atoms with Crippen LogP contribution >= 0.6 is 0 Å². The average Bonchev–Trinajstić information content (AvgIpc) is 2.83. The molecule has 0 atom stereocenters. The maximum atomic E-state index is 12.3. The lowest BCUT2D eigenvalue weighted by atomic mass is 10.0. The van der Waals surface area contributed by atoms with Gasteiger partial charge in [-0.25, -0.2) is 0 Å². The van der Waals surface area contributed by atoms with Crippen LogP contribution in [0.25, 0.3) is 21.5 Å². The minimum atomic E-state index is -1.11. The van der Waals surface area contributed by atoms with Crippen molar-refractivity contribution < 1.29 is 28.7 Å². The van der Waals surface area contributed by atoms with Gasteiger partial charge in [0, 0.05) is 11.3 Å². The molecule has 174 valence electrons. The maximum Gasteiger partial charge on any atom is 0.322 e. The van der Waals surface area contributed by atoms with Crippen molar-refractivity contribution in [3.05, 3.63) is 84.4 Å². The van der Waals surface area contributed by atoms with E-state index in [2.05, 4.69) is 15.4 Å². The van der Waals surface area contributed by atoms with Crippen molar-refractivity contribution in [3.63, 3.8) is 0 Å². The summed E-state index contributed by atoms with van der Waals surface area (Å²) in [6, 6.07) is 23.3. The number of nitrogens with one attached hydrogen (secondary N) is 2. The third-order valence-corrected chi connectivity index (χ3v) is 5.23. The van der Waals surface area contributed by atoms with Gasteiger partial charge in [0.2, 0.25) is 11.8 Å². The van der Waals surface area contributed by atoms with E-state index in [4.69, 9.17) is 0 Å². The van der Waals surface area contributed by atoms with E-state index in [1.54, 1.807) is 36.4 Å². The number of hydrogen-bond acceptors (Lipinski definition) is 6. The molecular formula is C27H20N2O6. The fraction of sp³-hybridized carbons (Fsp3) is 0.0741. The van der Waals surface area contributed by atoms with Crippen molar-refractivity contribution >= 4 is 63.0 Å². The molecule has 0 radical (unpaired) electrons. The van der Waals surface area contributed by atoms with Gasteiger partial charge in [-0.2, -0.15) is 0 Å². The van der Waals surface area contributed by atoms with Gasteiger partial charge < -0.3 is 15.4 Å². The molecule has 35 heavy (non-hydrogen) atoms. The number of hydrogen-bond donors (Lipinski definition) is 2. The molecule has 0 aromatic heterocycles. The number of ether oxygens (including phenoxy) is 1. The van der Waals surface area contributed by atoms with Gasteiger partial charge in [0.15, 0.2) is 6.29 Å². The summed E-state index contributed by atoms with van der Waals surface area (Å²) >= 11 is 0. The van der Waals surface area contributed by atoms with Crippen molar-refractivity contribution in [2.45, 2.75) is 12.8 Å². The number of fused-ring (bicyclic) bond motifs is 2. The minimum Gasteiger partial charge on any atom is -0.392 e. The first kappa shape index (κ1) is 23.3. The van der Waals surface area contributed by atoms with E-state index in [0.29, 0.717) is 17.4 Å². The number of carbonyl (C=O) groups is 5. The predicted molar refractivity (Wildman–Crippen MR) is 131 cm³/mol. The van der Waals surface area contributed by atoms with Gasteiger partial charge in [-0.05, 0) is 39.7 Å². The summed E-state index contributed by atoms with van der Waals surface area (Å²) < 4.78 is 4.60. The summed E-state index contributed by atoms with van der Waals surface area (Å²) in [5, 5.41) is 8.44. The molecule has 8 heteroatoms. The van der Waals surface area contributed by atoms with Crippen LogP contribution in [0.5, 0.6) is 0 Å². The van der Waals surface area contributed by atoms with Crippen LogP contribution in [0.3, 0.4) is 0 Å². The zero-order valence-corrected chi connectivity index (χ0v) is 18.4. The lowest BCUT2D eigenvalue weighted by Crippen LogP contribution is -2.24. The number of amides is 2. The molecule has 0 aliphatic heterocycles. The maximum absolute atomic E-state index is 12.3. The molecule has 0 spiro atoms. The Bertz CT molecular complexity index is 1480. The summed E-state index contributed by atoms with van der Waals surface area (Å²) in [6.07, 6.45) is -0.836. The van der Waals surface area contributed by atoms with E-state index >= 15 is 0 Å².